The Hall–Kier alpha value is -0.220. The Kier molecular flexibility index (Phi) is 3.62. The van der Waals surface area contributed by atoms with E-state index in [2.05, 4.69) is 12.6 Å². The monoisotopic (exact) mass is 203 g/mol. The van der Waals surface area contributed by atoms with Gasteiger partial charge in [-0.1, -0.05) is 0 Å². The summed E-state index contributed by atoms with van der Waals surface area (Å²) in [5.74, 6) is 0.336. The number of hydrogen-bond donors (Lipinski definition) is 2. The molecule has 1 rings (SSSR count). The van der Waals surface area contributed by atoms with Gasteiger partial charge < -0.3 is 10.0 Å². The topological polar surface area (TPSA) is 40.5 Å². The zero-order chi connectivity index (χ0) is 9.90. The van der Waals surface area contributed by atoms with Crippen LogP contribution in [0.2, 0.25) is 0 Å². The highest BCUT2D eigenvalue weighted by atomic mass is 32.1. The molecule has 4 heteroatoms. The van der Waals surface area contributed by atoms with Crippen molar-refractivity contribution in [2.75, 3.05) is 18.8 Å². The van der Waals surface area contributed by atoms with Gasteiger partial charge in [0, 0.05) is 13.1 Å². The van der Waals surface area contributed by atoms with Gasteiger partial charge >= 0.3 is 0 Å². The molecule has 0 aromatic rings. The SMILES string of the molecule is CC1(O)CCCN(C(=O)CS)CC1. The average Bonchev–Trinajstić information content (AvgIpc) is 2.25. The lowest BCUT2D eigenvalue weighted by Gasteiger charge is -2.22. The van der Waals surface area contributed by atoms with Gasteiger partial charge in [0.05, 0.1) is 11.4 Å². The van der Waals surface area contributed by atoms with Crippen LogP contribution < -0.4 is 0 Å². The lowest BCUT2D eigenvalue weighted by Crippen LogP contribution is -2.34. The molecule has 0 bridgehead atoms. The number of hydrogen-bond acceptors (Lipinski definition) is 3. The molecule has 1 aliphatic heterocycles. The van der Waals surface area contributed by atoms with E-state index in [0.29, 0.717) is 13.0 Å². The minimum absolute atomic E-state index is 0.0704. The smallest absolute Gasteiger partial charge is 0.232 e. The highest BCUT2D eigenvalue weighted by Gasteiger charge is 2.26. The number of rotatable bonds is 1. The molecule has 0 aromatic heterocycles. The number of nitrogens with zero attached hydrogens (tertiary/aromatic N) is 1. The second-order valence-corrected chi connectivity index (χ2v) is 4.21. The van der Waals surface area contributed by atoms with E-state index in [1.807, 2.05) is 6.92 Å². The van der Waals surface area contributed by atoms with E-state index >= 15 is 0 Å². The average molecular weight is 203 g/mol. The lowest BCUT2D eigenvalue weighted by molar-refractivity contribution is -0.128. The predicted molar refractivity (Wildman–Crippen MR) is 54.9 cm³/mol. The molecule has 3 nitrogen and oxygen atoms in total. The van der Waals surface area contributed by atoms with E-state index in [-0.39, 0.29) is 11.7 Å². The first-order valence-electron chi connectivity index (χ1n) is 4.66. The number of carbonyl (C=O) groups is 1. The zero-order valence-electron chi connectivity index (χ0n) is 7.99. The Bertz CT molecular complexity index is 194. The van der Waals surface area contributed by atoms with Crippen molar-refractivity contribution in [1.29, 1.82) is 0 Å². The van der Waals surface area contributed by atoms with Crippen molar-refractivity contribution in [3.05, 3.63) is 0 Å². The minimum Gasteiger partial charge on any atom is -0.390 e. The Morgan fingerprint density at radius 3 is 2.85 bits per heavy atom. The van der Waals surface area contributed by atoms with E-state index in [4.69, 9.17) is 0 Å². The molecule has 0 aromatic carbocycles. The molecule has 0 radical (unpaired) electrons. The Labute approximate surface area is 84.5 Å². The second kappa shape index (κ2) is 4.33. The van der Waals surface area contributed by atoms with Crippen LogP contribution in [0.1, 0.15) is 26.2 Å². The van der Waals surface area contributed by atoms with Crippen molar-refractivity contribution in [3.8, 4) is 0 Å². The molecule has 1 amide bonds. The van der Waals surface area contributed by atoms with Crippen molar-refractivity contribution in [2.24, 2.45) is 0 Å². The van der Waals surface area contributed by atoms with E-state index in [9.17, 15) is 9.90 Å². The highest BCUT2D eigenvalue weighted by Crippen LogP contribution is 2.21. The first-order valence-corrected chi connectivity index (χ1v) is 5.29. The summed E-state index contributed by atoms with van der Waals surface area (Å²) < 4.78 is 0. The fourth-order valence-corrected chi connectivity index (χ4v) is 1.81. The number of carbonyl (C=O) groups excluding carboxylic acids is 1. The molecule has 1 unspecified atom stereocenters. The molecule has 1 aliphatic rings. The predicted octanol–water partition coefficient (Wildman–Crippen LogP) is 0.680. The fraction of sp³-hybridized carbons (Fsp3) is 0.889. The van der Waals surface area contributed by atoms with Gasteiger partial charge in [-0.05, 0) is 26.2 Å². The van der Waals surface area contributed by atoms with E-state index < -0.39 is 5.60 Å². The maximum Gasteiger partial charge on any atom is 0.232 e. The summed E-state index contributed by atoms with van der Waals surface area (Å²) in [6, 6.07) is 0. The minimum atomic E-state index is -0.592. The number of likely N-dealkylation sites (tertiary alicyclic amines) is 1. The molecule has 13 heavy (non-hydrogen) atoms. The third kappa shape index (κ3) is 3.19. The quantitative estimate of drug-likeness (QED) is 0.615. The molecule has 1 heterocycles. The van der Waals surface area contributed by atoms with Gasteiger partial charge in [0.25, 0.3) is 0 Å². The Morgan fingerprint density at radius 1 is 1.54 bits per heavy atom. The number of thiol groups is 1. The summed E-state index contributed by atoms with van der Waals surface area (Å²) in [5.41, 5.74) is -0.592. The van der Waals surface area contributed by atoms with Crippen molar-refractivity contribution in [2.45, 2.75) is 31.8 Å². The third-order valence-corrected chi connectivity index (χ3v) is 2.82. The fourth-order valence-electron chi connectivity index (χ4n) is 1.61. The summed E-state index contributed by atoms with van der Waals surface area (Å²) in [6.07, 6.45) is 2.34. The first kappa shape index (κ1) is 10.9. The number of amides is 1. The molecule has 1 N–H and O–H groups in total. The van der Waals surface area contributed by atoms with Gasteiger partial charge in [-0.15, -0.1) is 0 Å². The van der Waals surface area contributed by atoms with Crippen LogP contribution in [0.25, 0.3) is 0 Å². The zero-order valence-corrected chi connectivity index (χ0v) is 8.89. The molecule has 0 aliphatic carbocycles. The lowest BCUT2D eigenvalue weighted by atomic mass is 9.98. The Morgan fingerprint density at radius 2 is 2.23 bits per heavy atom. The van der Waals surface area contributed by atoms with Crippen molar-refractivity contribution in [3.63, 3.8) is 0 Å². The van der Waals surface area contributed by atoms with Gasteiger partial charge in [0.1, 0.15) is 0 Å². The Balaban J connectivity index is 2.49. The molecular formula is C9H17NO2S. The van der Waals surface area contributed by atoms with Crippen LogP contribution in [0.3, 0.4) is 0 Å². The molecule has 0 saturated carbocycles. The van der Waals surface area contributed by atoms with Gasteiger partial charge in [0.2, 0.25) is 5.91 Å². The van der Waals surface area contributed by atoms with Gasteiger partial charge in [-0.2, -0.15) is 12.6 Å². The maximum atomic E-state index is 11.3. The van der Waals surface area contributed by atoms with Crippen LogP contribution in [0, 0.1) is 0 Å². The second-order valence-electron chi connectivity index (χ2n) is 3.89. The summed E-state index contributed by atoms with van der Waals surface area (Å²) >= 11 is 3.95. The standard InChI is InChI=1S/C9H17NO2S/c1-9(12)3-2-5-10(6-4-9)8(11)7-13/h12-13H,2-7H2,1H3. The van der Waals surface area contributed by atoms with E-state index in [0.717, 1.165) is 19.4 Å². The largest absolute Gasteiger partial charge is 0.390 e. The normalized spacial score (nSPS) is 29.9. The van der Waals surface area contributed by atoms with Crippen LogP contribution in [0.15, 0.2) is 0 Å². The third-order valence-electron chi connectivity index (χ3n) is 2.55. The number of aliphatic hydroxyl groups is 1. The first-order chi connectivity index (χ1) is 6.05. The summed E-state index contributed by atoms with van der Waals surface area (Å²) in [4.78, 5) is 13.1. The van der Waals surface area contributed by atoms with Gasteiger partial charge in [0.15, 0.2) is 0 Å². The van der Waals surface area contributed by atoms with Crippen molar-refractivity contribution < 1.29 is 9.90 Å². The van der Waals surface area contributed by atoms with Crippen LogP contribution in [0.4, 0.5) is 0 Å². The van der Waals surface area contributed by atoms with Crippen LogP contribution in [-0.4, -0.2) is 40.4 Å². The molecule has 1 atom stereocenters. The maximum absolute atomic E-state index is 11.3. The summed E-state index contributed by atoms with van der Waals surface area (Å²) in [7, 11) is 0. The highest BCUT2D eigenvalue weighted by molar-refractivity contribution is 7.81. The molecule has 1 saturated heterocycles. The van der Waals surface area contributed by atoms with Crippen LogP contribution in [-0.2, 0) is 4.79 Å². The van der Waals surface area contributed by atoms with Gasteiger partial charge in [-0.3, -0.25) is 4.79 Å². The molecule has 1 fully saturated rings. The van der Waals surface area contributed by atoms with Crippen molar-refractivity contribution >= 4 is 18.5 Å². The van der Waals surface area contributed by atoms with E-state index in [1.54, 1.807) is 4.90 Å². The van der Waals surface area contributed by atoms with Crippen LogP contribution >= 0.6 is 12.6 Å². The van der Waals surface area contributed by atoms with Gasteiger partial charge in [-0.25, -0.2) is 0 Å². The summed E-state index contributed by atoms with van der Waals surface area (Å²) in [5, 5.41) is 9.77. The molecule has 76 valence electrons. The molecular weight excluding hydrogens is 186 g/mol. The summed E-state index contributed by atoms with van der Waals surface area (Å²) in [6.45, 7) is 3.25. The molecule has 0 spiro atoms. The van der Waals surface area contributed by atoms with Crippen LogP contribution in [0.5, 0.6) is 0 Å². The van der Waals surface area contributed by atoms with Crippen molar-refractivity contribution in [1.82, 2.24) is 4.90 Å². The van der Waals surface area contributed by atoms with E-state index in [1.165, 1.54) is 0 Å².